The molecule has 2 heterocycles. The van der Waals surface area contributed by atoms with Crippen LogP contribution in [0.5, 0.6) is 5.88 Å². The average molecular weight is 439 g/mol. The number of pyridine rings is 1. The lowest BCUT2D eigenvalue weighted by molar-refractivity contribution is -0.145. The van der Waals surface area contributed by atoms with Gasteiger partial charge in [-0.05, 0) is 37.1 Å². The first-order chi connectivity index (χ1) is 14.7. The van der Waals surface area contributed by atoms with Gasteiger partial charge in [-0.15, -0.1) is 0 Å². The van der Waals surface area contributed by atoms with E-state index in [2.05, 4.69) is 4.98 Å². The number of alkyl halides is 3. The van der Waals surface area contributed by atoms with E-state index < -0.39 is 23.7 Å². The highest BCUT2D eigenvalue weighted by Crippen LogP contribution is 2.33. The van der Waals surface area contributed by atoms with Crippen LogP contribution in [-0.4, -0.2) is 17.6 Å². The maximum Gasteiger partial charge on any atom is 0.433 e. The number of carbonyl (C=O) groups excluding carboxylic acids is 1. The average Bonchev–Trinajstić information content (AvgIpc) is 3.13. The molecule has 0 saturated carbocycles. The van der Waals surface area contributed by atoms with Crippen LogP contribution in [0.3, 0.4) is 0 Å². The number of furan rings is 1. The zero-order valence-electron chi connectivity index (χ0n) is 17.0. The van der Waals surface area contributed by atoms with Gasteiger partial charge in [-0.2, -0.15) is 13.2 Å². The standard InChI is InChI=1S/C22H21F4NO4/c1-3-17-11-14-9-16(23)10-15(20(14)31-17)12-30-18-7-5-13(6-8-19(28)29-4-2)21(27-18)22(24,25)26/h5,7,9-11H,3-4,6,8,12H2,1-2H3. The molecule has 0 saturated heterocycles. The van der Waals surface area contributed by atoms with Crippen LogP contribution < -0.4 is 4.74 Å². The van der Waals surface area contributed by atoms with Gasteiger partial charge in [0.05, 0.1) is 6.61 Å². The minimum Gasteiger partial charge on any atom is -0.473 e. The normalized spacial score (nSPS) is 11.7. The molecule has 0 aliphatic heterocycles. The van der Waals surface area contributed by atoms with Gasteiger partial charge in [0.2, 0.25) is 5.88 Å². The van der Waals surface area contributed by atoms with Gasteiger partial charge in [0.1, 0.15) is 23.8 Å². The number of aromatic nitrogens is 1. The molecule has 0 atom stereocenters. The molecule has 3 aromatic rings. The lowest BCUT2D eigenvalue weighted by Crippen LogP contribution is -2.14. The largest absolute Gasteiger partial charge is 0.473 e. The Balaban J connectivity index is 1.81. The number of hydrogen-bond donors (Lipinski definition) is 0. The van der Waals surface area contributed by atoms with Crippen LogP contribution >= 0.6 is 0 Å². The van der Waals surface area contributed by atoms with Gasteiger partial charge in [-0.3, -0.25) is 4.79 Å². The van der Waals surface area contributed by atoms with Crippen LogP contribution in [0.15, 0.2) is 34.7 Å². The summed E-state index contributed by atoms with van der Waals surface area (Å²) < 4.78 is 70.2. The number of hydrogen-bond acceptors (Lipinski definition) is 5. The summed E-state index contributed by atoms with van der Waals surface area (Å²) in [6.45, 7) is 3.43. The van der Waals surface area contributed by atoms with E-state index in [0.29, 0.717) is 28.7 Å². The molecule has 9 heteroatoms. The number of benzene rings is 1. The topological polar surface area (TPSA) is 61.6 Å². The van der Waals surface area contributed by atoms with Crippen LogP contribution in [0.4, 0.5) is 17.6 Å². The fourth-order valence-corrected chi connectivity index (χ4v) is 3.14. The number of rotatable bonds is 8. The number of carbonyl (C=O) groups is 1. The van der Waals surface area contributed by atoms with Crippen molar-refractivity contribution < 1.29 is 36.2 Å². The van der Waals surface area contributed by atoms with Crippen LogP contribution in [-0.2, 0) is 35.2 Å². The molecule has 0 fully saturated rings. The highest BCUT2D eigenvalue weighted by atomic mass is 19.4. The summed E-state index contributed by atoms with van der Waals surface area (Å²) in [6.07, 6.45) is -4.48. The molecule has 0 amide bonds. The highest BCUT2D eigenvalue weighted by molar-refractivity contribution is 5.81. The molecular formula is C22H21F4NO4. The van der Waals surface area contributed by atoms with Gasteiger partial charge in [-0.25, -0.2) is 9.37 Å². The molecule has 166 valence electrons. The minimum atomic E-state index is -4.73. The number of nitrogens with zero attached hydrogens (tertiary/aromatic N) is 1. The zero-order chi connectivity index (χ0) is 22.6. The molecule has 5 nitrogen and oxygen atoms in total. The van der Waals surface area contributed by atoms with E-state index in [1.54, 1.807) is 13.0 Å². The van der Waals surface area contributed by atoms with E-state index >= 15 is 0 Å². The fraction of sp³-hybridized carbons (Fsp3) is 0.364. The monoisotopic (exact) mass is 439 g/mol. The molecule has 0 bridgehead atoms. The van der Waals surface area contributed by atoms with Crippen LogP contribution in [0.2, 0.25) is 0 Å². The first kappa shape index (κ1) is 22.6. The van der Waals surface area contributed by atoms with Crippen molar-refractivity contribution in [3.63, 3.8) is 0 Å². The predicted octanol–water partition coefficient (Wildman–Crippen LogP) is 5.62. The Morgan fingerprint density at radius 2 is 1.90 bits per heavy atom. The summed E-state index contributed by atoms with van der Waals surface area (Å²) in [5.74, 6) is -0.707. The van der Waals surface area contributed by atoms with Gasteiger partial charge >= 0.3 is 12.1 Å². The number of fused-ring (bicyclic) bond motifs is 1. The lowest BCUT2D eigenvalue weighted by Gasteiger charge is -2.14. The van der Waals surface area contributed by atoms with Crippen molar-refractivity contribution in [1.29, 1.82) is 0 Å². The van der Waals surface area contributed by atoms with E-state index in [-0.39, 0.29) is 37.5 Å². The van der Waals surface area contributed by atoms with Crippen molar-refractivity contribution in [1.82, 2.24) is 4.98 Å². The van der Waals surface area contributed by atoms with E-state index in [4.69, 9.17) is 13.9 Å². The Morgan fingerprint density at radius 3 is 2.58 bits per heavy atom. The van der Waals surface area contributed by atoms with Gasteiger partial charge in [0.15, 0.2) is 5.69 Å². The van der Waals surface area contributed by atoms with E-state index in [0.717, 1.165) is 0 Å². The fourth-order valence-electron chi connectivity index (χ4n) is 3.14. The summed E-state index contributed by atoms with van der Waals surface area (Å²) in [5.41, 5.74) is -0.499. The second-order valence-corrected chi connectivity index (χ2v) is 6.80. The number of ether oxygens (including phenoxy) is 2. The van der Waals surface area contributed by atoms with Crippen molar-refractivity contribution in [3.8, 4) is 5.88 Å². The Labute approximate surface area is 176 Å². The molecule has 0 unspecified atom stereocenters. The van der Waals surface area contributed by atoms with E-state index in [1.807, 2.05) is 6.92 Å². The summed E-state index contributed by atoms with van der Waals surface area (Å²) in [4.78, 5) is 15.1. The van der Waals surface area contributed by atoms with Crippen LogP contribution in [0.25, 0.3) is 11.0 Å². The molecule has 0 radical (unpaired) electrons. The van der Waals surface area contributed by atoms with E-state index in [1.165, 1.54) is 24.3 Å². The molecule has 3 rings (SSSR count). The predicted molar refractivity (Wildman–Crippen MR) is 104 cm³/mol. The Morgan fingerprint density at radius 1 is 1.13 bits per heavy atom. The lowest BCUT2D eigenvalue weighted by atomic mass is 10.1. The highest BCUT2D eigenvalue weighted by Gasteiger charge is 2.36. The van der Waals surface area contributed by atoms with Gasteiger partial charge in [0.25, 0.3) is 0 Å². The van der Waals surface area contributed by atoms with Crippen LogP contribution in [0, 0.1) is 5.82 Å². The molecule has 0 aliphatic rings. The van der Waals surface area contributed by atoms with E-state index in [9.17, 15) is 22.4 Å². The summed E-state index contributed by atoms with van der Waals surface area (Å²) >= 11 is 0. The number of esters is 1. The second kappa shape index (κ2) is 9.36. The molecule has 2 aromatic heterocycles. The first-order valence-electron chi connectivity index (χ1n) is 9.77. The van der Waals surface area contributed by atoms with Crippen molar-refractivity contribution in [2.75, 3.05) is 6.61 Å². The number of aryl methyl sites for hydroxylation is 2. The maximum atomic E-state index is 13.9. The molecule has 0 N–H and O–H groups in total. The molecule has 1 aromatic carbocycles. The quantitative estimate of drug-likeness (QED) is 0.337. The maximum absolute atomic E-state index is 13.9. The molecular weight excluding hydrogens is 418 g/mol. The summed E-state index contributed by atoms with van der Waals surface area (Å²) in [7, 11) is 0. The third-order valence-corrected chi connectivity index (χ3v) is 4.56. The smallest absolute Gasteiger partial charge is 0.433 e. The van der Waals surface area contributed by atoms with Crippen LogP contribution in [0.1, 0.15) is 42.8 Å². The third-order valence-electron chi connectivity index (χ3n) is 4.56. The van der Waals surface area contributed by atoms with Gasteiger partial charge in [0, 0.05) is 29.9 Å². The zero-order valence-corrected chi connectivity index (χ0v) is 17.0. The Bertz CT molecular complexity index is 1080. The molecule has 0 spiro atoms. The Hall–Kier alpha value is -3.10. The minimum absolute atomic E-state index is 0.139. The molecule has 0 aliphatic carbocycles. The van der Waals surface area contributed by atoms with Gasteiger partial charge < -0.3 is 13.9 Å². The third kappa shape index (κ3) is 5.53. The number of halogens is 4. The van der Waals surface area contributed by atoms with Crippen molar-refractivity contribution in [2.45, 2.75) is 45.9 Å². The summed E-state index contributed by atoms with van der Waals surface area (Å²) in [6, 6.07) is 6.74. The molecule has 31 heavy (non-hydrogen) atoms. The van der Waals surface area contributed by atoms with Gasteiger partial charge in [-0.1, -0.05) is 13.0 Å². The van der Waals surface area contributed by atoms with Crippen molar-refractivity contribution in [2.24, 2.45) is 0 Å². The van der Waals surface area contributed by atoms with Crippen molar-refractivity contribution in [3.05, 3.63) is 58.7 Å². The first-order valence-corrected chi connectivity index (χ1v) is 9.77. The summed E-state index contributed by atoms with van der Waals surface area (Å²) in [5, 5.41) is 0.550. The Kier molecular flexibility index (Phi) is 6.82. The second-order valence-electron chi connectivity index (χ2n) is 6.80. The SMILES string of the molecule is CCOC(=O)CCc1ccc(OCc2cc(F)cc3cc(CC)oc23)nc1C(F)(F)F. The van der Waals surface area contributed by atoms with Crippen molar-refractivity contribution >= 4 is 16.9 Å².